The minimum atomic E-state index is -2.43. The number of fused-ring (bicyclic) bond motifs is 3. The van der Waals surface area contributed by atoms with E-state index in [4.69, 9.17) is 28.4 Å². The molecular weight excluding hydrogens is 909 g/mol. The van der Waals surface area contributed by atoms with E-state index in [1.165, 1.54) is 4.90 Å². The summed E-state index contributed by atoms with van der Waals surface area (Å²) >= 11 is 0. The van der Waals surface area contributed by atoms with Gasteiger partial charge in [-0.25, -0.2) is 4.79 Å². The van der Waals surface area contributed by atoms with Crippen LogP contribution in [0.2, 0.25) is 0 Å². The van der Waals surface area contributed by atoms with Crippen LogP contribution in [0.3, 0.4) is 0 Å². The Balaban J connectivity index is 1.71. The molecule has 3 fully saturated rings. The Morgan fingerprint density at radius 3 is 2.34 bits per heavy atom. The molecule has 0 aromatic carbocycles. The minimum Gasteiger partial charge on any atom is -0.460 e. The number of amides is 1. The summed E-state index contributed by atoms with van der Waals surface area (Å²) in [5.74, 6) is -6.89. The van der Waals surface area contributed by atoms with E-state index in [9.17, 15) is 34.5 Å². The second-order valence-electron chi connectivity index (χ2n) is 21.2. The molecule has 3 aliphatic heterocycles. The molecule has 0 aromatic heterocycles. The first kappa shape index (κ1) is 60.2. The summed E-state index contributed by atoms with van der Waals surface area (Å²) < 4.78 is 34.9. The van der Waals surface area contributed by atoms with Gasteiger partial charge >= 0.3 is 5.97 Å². The highest BCUT2D eigenvalue weighted by Crippen LogP contribution is 2.38. The predicted molar refractivity (Wildman–Crippen MR) is 273 cm³/mol. The van der Waals surface area contributed by atoms with Gasteiger partial charge in [-0.05, 0) is 119 Å². The van der Waals surface area contributed by atoms with E-state index < -0.39 is 71.8 Å². The number of nitrogens with one attached hydrogen (secondary N) is 1. The van der Waals surface area contributed by atoms with Gasteiger partial charge in [0.15, 0.2) is 0 Å². The van der Waals surface area contributed by atoms with E-state index in [0.29, 0.717) is 83.3 Å². The van der Waals surface area contributed by atoms with Crippen LogP contribution >= 0.6 is 0 Å². The number of carbonyl (C=O) groups excluding carboxylic acids is 4. The lowest BCUT2D eigenvalue weighted by Crippen LogP contribution is -2.61. The number of allylic oxidation sites excluding steroid dienone is 6. The van der Waals surface area contributed by atoms with Crippen LogP contribution in [0.25, 0.3) is 0 Å². The average Bonchev–Trinajstić information content (AvgIpc) is 3.34. The number of ether oxygens (including phenoxy) is 6. The molecule has 0 spiro atoms. The number of hydrogen-bond donors (Lipinski definition) is 4. The fourth-order valence-corrected chi connectivity index (χ4v) is 10.8. The van der Waals surface area contributed by atoms with Crippen molar-refractivity contribution in [3.8, 4) is 0 Å². The minimum absolute atomic E-state index is 0.00886. The Kier molecular flexibility index (Phi) is 25.0. The number of esters is 1. The summed E-state index contributed by atoms with van der Waals surface area (Å²) in [7, 11) is 4.74. The fraction of sp³-hybridized carbons (Fsp3) is 0.750. The Labute approximate surface area is 424 Å². The molecule has 4 N–H and O–H groups in total. The quantitative estimate of drug-likeness (QED) is 0.0691. The third kappa shape index (κ3) is 17.4. The molecule has 15 unspecified atom stereocenters. The van der Waals surface area contributed by atoms with Crippen molar-refractivity contribution in [3.05, 3.63) is 59.8 Å². The molecule has 4 aliphatic rings. The number of ketones is 2. The third-order valence-corrected chi connectivity index (χ3v) is 15.6. The Hall–Kier alpha value is -3.38. The molecule has 0 aromatic rings. The van der Waals surface area contributed by atoms with Crippen LogP contribution in [0.5, 0.6) is 0 Å². The number of hydrogen-bond acceptors (Lipinski definition) is 14. The number of aliphatic hydroxyl groups excluding tert-OH is 2. The van der Waals surface area contributed by atoms with Gasteiger partial charge in [0.1, 0.15) is 30.1 Å². The first-order valence-electron chi connectivity index (χ1n) is 26.3. The SMILES string of the molecule is C=C1C(C)CC(C)/C=C/C=C/C=C(\C)C(NCCOCCOC)CC2CCC(C)C(O)(O2)C(=O)C(=O)N2CCCCC2C(=O)OC(C(C)CC2CCC(O)C(OC)C2)CC(=O)C(C)/C=C(\C)C(O)C1OC. The first-order chi connectivity index (χ1) is 33.7. The van der Waals surface area contributed by atoms with E-state index in [1.807, 2.05) is 38.2 Å². The van der Waals surface area contributed by atoms with E-state index in [2.05, 4.69) is 31.8 Å². The van der Waals surface area contributed by atoms with Crippen LogP contribution < -0.4 is 5.32 Å². The number of Topliss-reactive ketones (excluding diaryl/α,β-unsaturated/α-hetero) is 2. The molecular formula is C56H90N2O13. The normalized spacial score (nSPS) is 38.0. The fourth-order valence-electron chi connectivity index (χ4n) is 10.8. The topological polar surface area (TPSA) is 200 Å². The second-order valence-corrected chi connectivity index (χ2v) is 21.2. The molecule has 402 valence electrons. The number of cyclic esters (lactones) is 1. The maximum Gasteiger partial charge on any atom is 0.329 e. The van der Waals surface area contributed by atoms with Crippen molar-refractivity contribution in [2.24, 2.45) is 35.5 Å². The molecule has 15 nitrogen and oxygen atoms in total. The van der Waals surface area contributed by atoms with E-state index in [-0.39, 0.29) is 61.0 Å². The summed E-state index contributed by atoms with van der Waals surface area (Å²) in [4.78, 5) is 58.8. The Morgan fingerprint density at radius 1 is 0.887 bits per heavy atom. The molecule has 15 heteroatoms. The zero-order valence-corrected chi connectivity index (χ0v) is 44.6. The molecule has 71 heavy (non-hydrogen) atoms. The van der Waals surface area contributed by atoms with Crippen LogP contribution in [0.4, 0.5) is 0 Å². The van der Waals surface area contributed by atoms with Gasteiger partial charge in [0, 0.05) is 58.7 Å². The predicted octanol–water partition coefficient (Wildman–Crippen LogP) is 6.77. The second kappa shape index (κ2) is 29.5. The molecule has 1 aliphatic carbocycles. The molecule has 15 atom stereocenters. The van der Waals surface area contributed by atoms with Gasteiger partial charge in [0.25, 0.3) is 11.7 Å². The largest absolute Gasteiger partial charge is 0.460 e. The summed E-state index contributed by atoms with van der Waals surface area (Å²) in [5.41, 5.74) is 2.28. The van der Waals surface area contributed by atoms with Crippen LogP contribution in [0.15, 0.2) is 59.8 Å². The van der Waals surface area contributed by atoms with Crippen molar-refractivity contribution in [2.75, 3.05) is 54.2 Å². The van der Waals surface area contributed by atoms with Crippen LogP contribution in [-0.4, -0.2) is 152 Å². The number of piperidine rings is 1. The Morgan fingerprint density at radius 2 is 1.63 bits per heavy atom. The number of rotatable bonds is 12. The van der Waals surface area contributed by atoms with Crippen molar-refractivity contribution >= 4 is 23.4 Å². The van der Waals surface area contributed by atoms with Gasteiger partial charge in [-0.15, -0.1) is 0 Å². The highest BCUT2D eigenvalue weighted by atomic mass is 16.6. The Bertz CT molecular complexity index is 1860. The maximum atomic E-state index is 14.5. The zero-order valence-electron chi connectivity index (χ0n) is 44.6. The van der Waals surface area contributed by atoms with Gasteiger partial charge in [0.05, 0.1) is 38.1 Å². The van der Waals surface area contributed by atoms with Crippen molar-refractivity contribution in [1.82, 2.24) is 10.2 Å². The molecule has 2 saturated heterocycles. The molecule has 1 saturated carbocycles. The smallest absolute Gasteiger partial charge is 0.329 e. The van der Waals surface area contributed by atoms with Crippen LogP contribution in [-0.2, 0) is 47.6 Å². The van der Waals surface area contributed by atoms with Crippen molar-refractivity contribution in [3.63, 3.8) is 0 Å². The van der Waals surface area contributed by atoms with Crippen molar-refractivity contribution < 1.29 is 62.9 Å². The summed E-state index contributed by atoms with van der Waals surface area (Å²) in [6.07, 6.45) is 13.5. The third-order valence-electron chi connectivity index (χ3n) is 15.6. The first-order valence-corrected chi connectivity index (χ1v) is 26.3. The van der Waals surface area contributed by atoms with Gasteiger partial charge in [0.2, 0.25) is 5.79 Å². The highest BCUT2D eigenvalue weighted by molar-refractivity contribution is 6.39. The number of methoxy groups -OCH3 is 3. The lowest BCUT2D eigenvalue weighted by Gasteiger charge is -2.43. The molecule has 2 bridgehead atoms. The standard InChI is InChI=1S/C56H90N2O13/c1-35-17-13-12-14-18-36(2)45(57-24-26-69-28-27-66-9)33-44-22-20-41(7)56(65,71-44)53(62)54(63)58-25-16-15-19-46(58)55(64)70-49(39(5)31-43-21-23-47(59)50(32-43)67-10)34-48(60)38(4)30-40(6)51(61)52(68-11)42(8)37(3)29-35/h12-14,17-18,30,35,37-39,41,43-47,49-52,57,59,61,65H,8,15-16,19-29,31-34H2,1-7,9-11H3/b14-12+,17-13+,36-18+,40-30+. The van der Waals surface area contributed by atoms with Crippen molar-refractivity contribution in [1.29, 1.82) is 0 Å². The summed E-state index contributed by atoms with van der Waals surface area (Å²) in [6.45, 7) is 19.7. The van der Waals surface area contributed by atoms with Gasteiger partial charge < -0.3 is 54.0 Å². The maximum absolute atomic E-state index is 14.5. The van der Waals surface area contributed by atoms with E-state index >= 15 is 0 Å². The average molecular weight is 999 g/mol. The van der Waals surface area contributed by atoms with Gasteiger partial charge in [-0.1, -0.05) is 83.2 Å². The van der Waals surface area contributed by atoms with Crippen LogP contribution in [0, 0.1) is 35.5 Å². The molecule has 4 rings (SSSR count). The lowest BCUT2D eigenvalue weighted by molar-refractivity contribution is -0.264. The van der Waals surface area contributed by atoms with Gasteiger partial charge in [-0.2, -0.15) is 0 Å². The molecule has 3 heterocycles. The van der Waals surface area contributed by atoms with Gasteiger partial charge in [-0.3, -0.25) is 14.4 Å². The molecule has 1 amide bonds. The summed E-state index contributed by atoms with van der Waals surface area (Å²) in [5, 5.41) is 37.9. The van der Waals surface area contributed by atoms with Crippen molar-refractivity contribution in [2.45, 2.75) is 180 Å². The number of aliphatic hydroxyl groups is 3. The van der Waals surface area contributed by atoms with Crippen LogP contribution in [0.1, 0.15) is 126 Å². The monoisotopic (exact) mass is 999 g/mol. The highest BCUT2D eigenvalue weighted by Gasteiger charge is 2.53. The number of carbonyl (C=O) groups is 4. The number of nitrogens with zero attached hydrogens (tertiary/aromatic N) is 1. The van der Waals surface area contributed by atoms with E-state index in [0.717, 1.165) is 24.0 Å². The molecule has 0 radical (unpaired) electrons. The lowest BCUT2D eigenvalue weighted by atomic mass is 9.78. The summed E-state index contributed by atoms with van der Waals surface area (Å²) in [6, 6.07) is -1.36. The zero-order chi connectivity index (χ0) is 52.4. The van der Waals surface area contributed by atoms with E-state index in [1.54, 1.807) is 48.2 Å².